The van der Waals surface area contributed by atoms with Crippen molar-refractivity contribution in [2.45, 2.75) is 12.8 Å². The Kier molecular flexibility index (Phi) is 4.99. The van der Waals surface area contributed by atoms with Gasteiger partial charge in [0.15, 0.2) is 0 Å². The first kappa shape index (κ1) is 14.8. The van der Waals surface area contributed by atoms with Crippen LogP contribution in [0.15, 0.2) is 16.6 Å². The number of hydrogen-bond acceptors (Lipinski definition) is 4. The van der Waals surface area contributed by atoms with E-state index in [-0.39, 0.29) is 5.69 Å². The van der Waals surface area contributed by atoms with Gasteiger partial charge >= 0.3 is 0 Å². The van der Waals surface area contributed by atoms with Crippen LogP contribution in [-0.2, 0) is 4.74 Å². The Bertz CT molecular complexity index is 571. The zero-order valence-corrected chi connectivity index (χ0v) is 12.6. The number of methoxy groups -OCH3 is 1. The van der Waals surface area contributed by atoms with Gasteiger partial charge in [0.05, 0.1) is 23.7 Å². The summed E-state index contributed by atoms with van der Waals surface area (Å²) in [5, 5.41) is 10.8. The van der Waals surface area contributed by atoms with Crippen LogP contribution in [0.5, 0.6) is 5.75 Å². The van der Waals surface area contributed by atoms with Gasteiger partial charge in [0.25, 0.3) is 5.69 Å². The van der Waals surface area contributed by atoms with E-state index in [1.54, 1.807) is 0 Å². The van der Waals surface area contributed by atoms with Crippen molar-refractivity contribution in [1.29, 1.82) is 0 Å². The Labute approximate surface area is 125 Å². The highest BCUT2D eigenvalue weighted by molar-refractivity contribution is 9.10. The molecule has 0 N–H and O–H groups in total. The molecule has 5 nitrogen and oxygen atoms in total. The number of nitro groups is 1. The van der Waals surface area contributed by atoms with Crippen LogP contribution in [0.4, 0.5) is 5.69 Å². The number of rotatable bonds is 2. The van der Waals surface area contributed by atoms with Gasteiger partial charge in [0.2, 0.25) is 0 Å². The van der Waals surface area contributed by atoms with Gasteiger partial charge in [-0.3, -0.25) is 10.1 Å². The molecule has 0 bridgehead atoms. The SMILES string of the molecule is COc1cc([N+](=O)[O-])cc(Br)c1C#CC1CCOCC1. The Morgan fingerprint density at radius 2 is 2.15 bits per heavy atom. The monoisotopic (exact) mass is 339 g/mol. The lowest BCUT2D eigenvalue weighted by Gasteiger charge is -2.16. The highest BCUT2D eigenvalue weighted by atomic mass is 79.9. The first-order valence-corrected chi connectivity index (χ1v) is 7.02. The molecule has 1 heterocycles. The van der Waals surface area contributed by atoms with E-state index in [0.717, 1.165) is 26.1 Å². The fourth-order valence-corrected chi connectivity index (χ4v) is 2.50. The molecule has 0 atom stereocenters. The summed E-state index contributed by atoms with van der Waals surface area (Å²) in [6.07, 6.45) is 1.83. The molecule has 106 valence electrons. The van der Waals surface area contributed by atoms with Crippen molar-refractivity contribution >= 4 is 21.6 Å². The molecule has 1 saturated heterocycles. The number of benzene rings is 1. The molecule has 1 aromatic carbocycles. The third-order valence-corrected chi connectivity index (χ3v) is 3.72. The van der Waals surface area contributed by atoms with Crippen LogP contribution in [0, 0.1) is 27.9 Å². The Morgan fingerprint density at radius 3 is 2.75 bits per heavy atom. The van der Waals surface area contributed by atoms with E-state index in [0.29, 0.717) is 21.7 Å². The lowest BCUT2D eigenvalue weighted by molar-refractivity contribution is -0.385. The second-order valence-electron chi connectivity index (χ2n) is 4.42. The molecule has 0 aliphatic carbocycles. The molecule has 1 aliphatic rings. The van der Waals surface area contributed by atoms with Crippen LogP contribution < -0.4 is 4.74 Å². The molecular formula is C14H14BrNO4. The second-order valence-corrected chi connectivity index (χ2v) is 5.27. The van der Waals surface area contributed by atoms with Crippen LogP contribution in [0.2, 0.25) is 0 Å². The minimum atomic E-state index is -0.455. The van der Waals surface area contributed by atoms with Crippen LogP contribution in [0.25, 0.3) is 0 Å². The fraction of sp³-hybridized carbons (Fsp3) is 0.429. The van der Waals surface area contributed by atoms with E-state index in [1.807, 2.05) is 0 Å². The first-order chi connectivity index (χ1) is 9.61. The molecule has 0 aromatic heterocycles. The van der Waals surface area contributed by atoms with E-state index in [1.165, 1.54) is 19.2 Å². The van der Waals surface area contributed by atoms with E-state index in [9.17, 15) is 10.1 Å². The standard InChI is InChI=1S/C14H14BrNO4/c1-19-14-9-11(16(17)18)8-13(15)12(14)3-2-10-4-6-20-7-5-10/h8-10H,4-7H2,1H3. The highest BCUT2D eigenvalue weighted by Gasteiger charge is 2.15. The lowest BCUT2D eigenvalue weighted by Crippen LogP contribution is -2.13. The smallest absolute Gasteiger partial charge is 0.274 e. The summed E-state index contributed by atoms with van der Waals surface area (Å²) in [5.41, 5.74) is 0.620. The van der Waals surface area contributed by atoms with E-state index in [4.69, 9.17) is 9.47 Å². The molecule has 0 unspecified atom stereocenters. The van der Waals surface area contributed by atoms with E-state index in [2.05, 4.69) is 27.8 Å². The van der Waals surface area contributed by atoms with Crippen LogP contribution in [0.1, 0.15) is 18.4 Å². The van der Waals surface area contributed by atoms with E-state index < -0.39 is 4.92 Å². The number of halogens is 1. The van der Waals surface area contributed by atoms with Crippen molar-refractivity contribution in [3.63, 3.8) is 0 Å². The maximum Gasteiger partial charge on any atom is 0.274 e. The highest BCUT2D eigenvalue weighted by Crippen LogP contribution is 2.31. The van der Waals surface area contributed by atoms with Gasteiger partial charge in [-0.05, 0) is 28.8 Å². The molecule has 0 saturated carbocycles. The Balaban J connectivity index is 2.31. The van der Waals surface area contributed by atoms with Crippen molar-refractivity contribution in [2.24, 2.45) is 5.92 Å². The predicted molar refractivity (Wildman–Crippen MR) is 77.8 cm³/mol. The quantitative estimate of drug-likeness (QED) is 0.471. The van der Waals surface area contributed by atoms with Gasteiger partial charge in [-0.25, -0.2) is 0 Å². The van der Waals surface area contributed by atoms with Crippen molar-refractivity contribution in [3.05, 3.63) is 32.3 Å². The third-order valence-electron chi connectivity index (χ3n) is 3.09. The fourth-order valence-electron chi connectivity index (χ4n) is 1.97. The van der Waals surface area contributed by atoms with Gasteiger partial charge in [-0.15, -0.1) is 0 Å². The van der Waals surface area contributed by atoms with Gasteiger partial charge in [-0.1, -0.05) is 11.8 Å². The number of nitro benzene ring substituents is 1. The molecule has 20 heavy (non-hydrogen) atoms. The predicted octanol–water partition coefficient (Wildman–Crippen LogP) is 3.14. The van der Waals surface area contributed by atoms with Gasteiger partial charge in [-0.2, -0.15) is 0 Å². The molecular weight excluding hydrogens is 326 g/mol. The van der Waals surface area contributed by atoms with E-state index >= 15 is 0 Å². The molecule has 1 aliphatic heterocycles. The molecule has 0 spiro atoms. The molecule has 0 amide bonds. The summed E-state index contributed by atoms with van der Waals surface area (Å²) in [5.74, 6) is 6.97. The molecule has 6 heteroatoms. The van der Waals surface area contributed by atoms with Gasteiger partial charge in [0.1, 0.15) is 5.75 Å². The maximum absolute atomic E-state index is 10.8. The van der Waals surface area contributed by atoms with Crippen molar-refractivity contribution in [2.75, 3.05) is 20.3 Å². The minimum absolute atomic E-state index is 0.0228. The Hall–Kier alpha value is -1.58. The topological polar surface area (TPSA) is 61.6 Å². The molecule has 1 fully saturated rings. The summed E-state index contributed by atoms with van der Waals surface area (Å²) >= 11 is 3.32. The zero-order valence-electron chi connectivity index (χ0n) is 11.0. The largest absolute Gasteiger partial charge is 0.495 e. The summed E-state index contributed by atoms with van der Waals surface area (Å²) in [6, 6.07) is 2.83. The van der Waals surface area contributed by atoms with Crippen LogP contribution >= 0.6 is 15.9 Å². The normalized spacial score (nSPS) is 15.3. The number of hydrogen-bond donors (Lipinski definition) is 0. The summed E-state index contributed by atoms with van der Waals surface area (Å²) in [4.78, 5) is 10.4. The van der Waals surface area contributed by atoms with Gasteiger partial charge in [0, 0.05) is 29.7 Å². The summed E-state index contributed by atoms with van der Waals surface area (Å²) < 4.78 is 11.1. The average Bonchev–Trinajstić information content (AvgIpc) is 2.46. The average molecular weight is 340 g/mol. The Morgan fingerprint density at radius 1 is 1.45 bits per heavy atom. The molecule has 2 rings (SSSR count). The summed E-state index contributed by atoms with van der Waals surface area (Å²) in [6.45, 7) is 1.47. The minimum Gasteiger partial charge on any atom is -0.495 e. The number of ether oxygens (including phenoxy) is 2. The molecule has 0 radical (unpaired) electrons. The first-order valence-electron chi connectivity index (χ1n) is 6.23. The summed E-state index contributed by atoms with van der Waals surface area (Å²) in [7, 11) is 1.48. The zero-order chi connectivity index (χ0) is 14.5. The van der Waals surface area contributed by atoms with Gasteiger partial charge < -0.3 is 9.47 Å². The van der Waals surface area contributed by atoms with Crippen molar-refractivity contribution in [3.8, 4) is 17.6 Å². The van der Waals surface area contributed by atoms with Crippen molar-refractivity contribution < 1.29 is 14.4 Å². The number of non-ortho nitro benzene ring substituents is 1. The second kappa shape index (κ2) is 6.73. The number of nitrogens with zero attached hydrogens (tertiary/aromatic N) is 1. The molecule has 1 aromatic rings. The van der Waals surface area contributed by atoms with Crippen LogP contribution in [-0.4, -0.2) is 25.2 Å². The van der Waals surface area contributed by atoms with Crippen LogP contribution in [0.3, 0.4) is 0 Å². The third kappa shape index (κ3) is 3.50. The lowest BCUT2D eigenvalue weighted by atomic mass is 10.0. The maximum atomic E-state index is 10.8. The van der Waals surface area contributed by atoms with Crippen molar-refractivity contribution in [1.82, 2.24) is 0 Å².